The summed E-state index contributed by atoms with van der Waals surface area (Å²) in [6.07, 6.45) is 5.58. The Balaban J connectivity index is 1.58. The van der Waals surface area contributed by atoms with Gasteiger partial charge < -0.3 is 26.3 Å². The number of hydrogen-bond donors (Lipinski definition) is 3. The fraction of sp³-hybridized carbons (Fsp3) is 0.296. The number of amides is 1. The maximum atomic E-state index is 13.0. The number of ether oxygens (including phenoxy) is 2. The van der Waals surface area contributed by atoms with E-state index in [0.29, 0.717) is 41.7 Å². The molecule has 0 aromatic heterocycles. The molecule has 33 heavy (non-hydrogen) atoms. The lowest BCUT2D eigenvalue weighted by atomic mass is 9.95. The first-order valence-electron chi connectivity index (χ1n) is 11.5. The molecule has 1 aliphatic rings. The van der Waals surface area contributed by atoms with E-state index < -0.39 is 0 Å². The molecule has 1 fully saturated rings. The largest absolute Gasteiger partial charge is 0.457 e. The number of hydrogen-bond acceptors (Lipinski definition) is 5. The van der Waals surface area contributed by atoms with Crippen LogP contribution in [0.15, 0.2) is 66.7 Å². The zero-order chi connectivity index (χ0) is 23.0. The zero-order valence-electron chi connectivity index (χ0n) is 18.8. The van der Waals surface area contributed by atoms with Crippen LogP contribution in [0.4, 0.5) is 0 Å². The molecule has 0 heterocycles. The summed E-state index contributed by atoms with van der Waals surface area (Å²) in [6.45, 7) is 0.941. The molecule has 1 saturated carbocycles. The highest BCUT2D eigenvalue weighted by Gasteiger charge is 2.18. The maximum Gasteiger partial charge on any atom is 0.251 e. The lowest BCUT2D eigenvalue weighted by Crippen LogP contribution is -2.36. The zero-order valence-corrected chi connectivity index (χ0v) is 18.8. The van der Waals surface area contributed by atoms with Crippen molar-refractivity contribution in [2.75, 3.05) is 0 Å². The van der Waals surface area contributed by atoms with E-state index >= 15 is 0 Å². The number of nitrogens with two attached hydrogens (primary N) is 2. The molecular formula is C27H31N3O3. The summed E-state index contributed by atoms with van der Waals surface area (Å²) in [5.74, 6) is 2.26. The Morgan fingerprint density at radius 2 is 1.21 bits per heavy atom. The van der Waals surface area contributed by atoms with Gasteiger partial charge in [-0.1, -0.05) is 43.5 Å². The highest BCUT2D eigenvalue weighted by molar-refractivity contribution is 5.95. The molecule has 0 radical (unpaired) electrons. The number of rotatable bonds is 8. The first kappa shape index (κ1) is 22.8. The van der Waals surface area contributed by atoms with Gasteiger partial charge in [0.05, 0.1) is 0 Å². The van der Waals surface area contributed by atoms with E-state index in [2.05, 4.69) is 5.32 Å². The van der Waals surface area contributed by atoms with Crippen molar-refractivity contribution in [1.29, 1.82) is 0 Å². The molecule has 6 nitrogen and oxygen atoms in total. The summed E-state index contributed by atoms with van der Waals surface area (Å²) in [7, 11) is 0. The Morgan fingerprint density at radius 1 is 0.727 bits per heavy atom. The molecule has 0 bridgehead atoms. The van der Waals surface area contributed by atoms with Gasteiger partial charge in [0.15, 0.2) is 0 Å². The summed E-state index contributed by atoms with van der Waals surface area (Å²) in [4.78, 5) is 13.0. The lowest BCUT2D eigenvalue weighted by Gasteiger charge is -2.23. The van der Waals surface area contributed by atoms with Crippen LogP contribution in [0.2, 0.25) is 0 Å². The van der Waals surface area contributed by atoms with Gasteiger partial charge in [0.2, 0.25) is 0 Å². The second-order valence-electron chi connectivity index (χ2n) is 8.40. The van der Waals surface area contributed by atoms with Crippen LogP contribution in [-0.4, -0.2) is 11.9 Å². The van der Waals surface area contributed by atoms with Crippen LogP contribution in [0.1, 0.15) is 53.6 Å². The third-order valence-corrected chi connectivity index (χ3v) is 5.87. The predicted octanol–water partition coefficient (Wildman–Crippen LogP) is 5.25. The van der Waals surface area contributed by atoms with Gasteiger partial charge in [-0.2, -0.15) is 0 Å². The highest BCUT2D eigenvalue weighted by atomic mass is 16.5. The van der Waals surface area contributed by atoms with Crippen molar-refractivity contribution in [1.82, 2.24) is 5.32 Å². The van der Waals surface area contributed by atoms with Gasteiger partial charge in [0.25, 0.3) is 5.91 Å². The molecule has 0 unspecified atom stereocenters. The Morgan fingerprint density at radius 3 is 1.67 bits per heavy atom. The van der Waals surface area contributed by atoms with Crippen molar-refractivity contribution in [3.05, 3.63) is 83.4 Å². The van der Waals surface area contributed by atoms with Crippen molar-refractivity contribution in [3.8, 4) is 23.0 Å². The van der Waals surface area contributed by atoms with Crippen LogP contribution >= 0.6 is 0 Å². The topological polar surface area (TPSA) is 99.6 Å². The molecule has 3 aromatic carbocycles. The number of carbonyl (C=O) groups excluding carboxylic acids is 1. The second kappa shape index (κ2) is 11.0. The van der Waals surface area contributed by atoms with Crippen LogP contribution in [-0.2, 0) is 13.1 Å². The summed E-state index contributed by atoms with van der Waals surface area (Å²) >= 11 is 0. The van der Waals surface area contributed by atoms with Gasteiger partial charge in [-0.25, -0.2) is 0 Å². The Labute approximate surface area is 194 Å². The first-order valence-corrected chi connectivity index (χ1v) is 11.5. The van der Waals surface area contributed by atoms with E-state index in [1.807, 2.05) is 48.5 Å². The van der Waals surface area contributed by atoms with Crippen LogP contribution in [0, 0.1) is 0 Å². The standard InChI is InChI=1S/C27H31N3O3/c28-17-19-6-10-23(11-7-19)32-25-14-21(27(31)30-22-4-2-1-3-5-22)15-26(16-25)33-24-12-8-20(18-29)9-13-24/h6-16,22H,1-5,17-18,28-29H2,(H,30,31). The Kier molecular flexibility index (Phi) is 7.60. The Hall–Kier alpha value is -3.35. The van der Waals surface area contributed by atoms with Crippen molar-refractivity contribution >= 4 is 5.91 Å². The number of benzene rings is 3. The average Bonchev–Trinajstić information content (AvgIpc) is 2.85. The molecule has 0 aliphatic heterocycles. The fourth-order valence-electron chi connectivity index (χ4n) is 4.00. The van der Waals surface area contributed by atoms with Gasteiger partial charge in [-0.3, -0.25) is 4.79 Å². The van der Waals surface area contributed by atoms with E-state index in [0.717, 1.165) is 36.8 Å². The molecule has 0 saturated heterocycles. The minimum absolute atomic E-state index is 0.117. The summed E-state index contributed by atoms with van der Waals surface area (Å²) in [5.41, 5.74) is 13.9. The third kappa shape index (κ3) is 6.34. The van der Waals surface area contributed by atoms with Crippen molar-refractivity contribution in [3.63, 3.8) is 0 Å². The molecule has 0 spiro atoms. The monoisotopic (exact) mass is 445 g/mol. The molecule has 172 valence electrons. The predicted molar refractivity (Wildman–Crippen MR) is 130 cm³/mol. The minimum Gasteiger partial charge on any atom is -0.457 e. The van der Waals surface area contributed by atoms with E-state index in [1.165, 1.54) is 6.42 Å². The number of carbonyl (C=O) groups is 1. The van der Waals surface area contributed by atoms with Gasteiger partial charge in [-0.15, -0.1) is 0 Å². The molecule has 4 rings (SSSR count). The molecule has 0 atom stereocenters. The van der Waals surface area contributed by atoms with Crippen molar-refractivity contribution < 1.29 is 14.3 Å². The molecule has 5 N–H and O–H groups in total. The van der Waals surface area contributed by atoms with Gasteiger partial charge in [0.1, 0.15) is 23.0 Å². The molecule has 3 aromatic rings. The molecule has 1 amide bonds. The molecule has 6 heteroatoms. The van der Waals surface area contributed by atoms with Crippen LogP contribution < -0.4 is 26.3 Å². The fourth-order valence-corrected chi connectivity index (χ4v) is 4.00. The van der Waals surface area contributed by atoms with Crippen molar-refractivity contribution in [2.45, 2.75) is 51.2 Å². The van der Waals surface area contributed by atoms with Crippen LogP contribution in [0.25, 0.3) is 0 Å². The molecular weight excluding hydrogens is 414 g/mol. The summed E-state index contributed by atoms with van der Waals surface area (Å²) < 4.78 is 12.1. The molecule has 1 aliphatic carbocycles. The van der Waals surface area contributed by atoms with E-state index in [4.69, 9.17) is 20.9 Å². The summed E-state index contributed by atoms with van der Waals surface area (Å²) in [5, 5.41) is 3.17. The quantitative estimate of drug-likeness (QED) is 0.440. The van der Waals surface area contributed by atoms with Gasteiger partial charge in [0, 0.05) is 30.8 Å². The Bertz CT molecular complexity index is 991. The second-order valence-corrected chi connectivity index (χ2v) is 8.40. The van der Waals surface area contributed by atoms with E-state index in [1.54, 1.807) is 18.2 Å². The van der Waals surface area contributed by atoms with Gasteiger partial charge >= 0.3 is 0 Å². The van der Waals surface area contributed by atoms with Crippen LogP contribution in [0.3, 0.4) is 0 Å². The van der Waals surface area contributed by atoms with E-state index in [-0.39, 0.29) is 11.9 Å². The van der Waals surface area contributed by atoms with E-state index in [9.17, 15) is 4.79 Å². The average molecular weight is 446 g/mol. The first-order chi connectivity index (χ1) is 16.1. The van der Waals surface area contributed by atoms with Crippen molar-refractivity contribution in [2.24, 2.45) is 11.5 Å². The SMILES string of the molecule is NCc1ccc(Oc2cc(Oc3ccc(CN)cc3)cc(C(=O)NC3CCCCC3)c2)cc1. The smallest absolute Gasteiger partial charge is 0.251 e. The number of nitrogens with one attached hydrogen (secondary N) is 1. The third-order valence-electron chi connectivity index (χ3n) is 5.87. The lowest BCUT2D eigenvalue weighted by molar-refractivity contribution is 0.0927. The van der Waals surface area contributed by atoms with Crippen LogP contribution in [0.5, 0.6) is 23.0 Å². The highest BCUT2D eigenvalue weighted by Crippen LogP contribution is 2.31. The normalized spacial score (nSPS) is 14.0. The minimum atomic E-state index is -0.117. The maximum absolute atomic E-state index is 13.0. The summed E-state index contributed by atoms with van der Waals surface area (Å²) in [6, 6.07) is 20.6. The van der Waals surface area contributed by atoms with Gasteiger partial charge in [-0.05, 0) is 60.4 Å².